The second-order valence-electron chi connectivity index (χ2n) is 5.76. The lowest BCUT2D eigenvalue weighted by Gasteiger charge is -2.29. The van der Waals surface area contributed by atoms with Crippen LogP contribution in [0.15, 0.2) is 0 Å². The molecule has 0 radical (unpaired) electrons. The van der Waals surface area contributed by atoms with Gasteiger partial charge in [0, 0.05) is 12.8 Å². The van der Waals surface area contributed by atoms with E-state index >= 15 is 0 Å². The van der Waals surface area contributed by atoms with Gasteiger partial charge in [-0.05, 0) is 33.6 Å². The highest BCUT2D eigenvalue weighted by atomic mass is 16.2. The van der Waals surface area contributed by atoms with Crippen LogP contribution in [0.2, 0.25) is 0 Å². The van der Waals surface area contributed by atoms with Gasteiger partial charge in [0.05, 0.1) is 0 Å². The SMILES string of the molecule is CC(C)(C)N1C=[NH+]C2(CCCCC2)C1=O. The zero-order valence-corrected chi connectivity index (χ0v) is 9.97. The first-order chi connectivity index (χ1) is 6.96. The number of rotatable bonds is 0. The Balaban J connectivity index is 2.20. The number of hydrogen-bond donors (Lipinski definition) is 1. The predicted molar refractivity (Wildman–Crippen MR) is 59.4 cm³/mol. The van der Waals surface area contributed by atoms with Crippen molar-refractivity contribution >= 4 is 12.2 Å². The van der Waals surface area contributed by atoms with Gasteiger partial charge >= 0.3 is 5.91 Å². The van der Waals surface area contributed by atoms with Crippen molar-refractivity contribution in [3.05, 3.63) is 0 Å². The summed E-state index contributed by atoms with van der Waals surface area (Å²) in [5.74, 6) is 0.273. The third-order valence-electron chi connectivity index (χ3n) is 3.53. The largest absolute Gasteiger partial charge is 0.357 e. The van der Waals surface area contributed by atoms with Gasteiger partial charge in [-0.1, -0.05) is 6.42 Å². The summed E-state index contributed by atoms with van der Waals surface area (Å²) in [6.07, 6.45) is 7.48. The summed E-state index contributed by atoms with van der Waals surface area (Å²) in [6, 6.07) is 0. The summed E-state index contributed by atoms with van der Waals surface area (Å²) in [7, 11) is 0. The average molecular weight is 209 g/mol. The van der Waals surface area contributed by atoms with E-state index in [0.29, 0.717) is 0 Å². The predicted octanol–water partition coefficient (Wildman–Crippen LogP) is 0.439. The van der Waals surface area contributed by atoms with Gasteiger partial charge in [-0.25, -0.2) is 4.79 Å². The van der Waals surface area contributed by atoms with Gasteiger partial charge in [-0.2, -0.15) is 4.90 Å². The molecule has 15 heavy (non-hydrogen) atoms. The third kappa shape index (κ3) is 1.68. The minimum Gasteiger partial charge on any atom is -0.264 e. The minimum atomic E-state index is -0.258. The van der Waals surface area contributed by atoms with E-state index in [1.54, 1.807) is 0 Å². The molecule has 1 aliphatic carbocycles. The first kappa shape index (κ1) is 10.7. The second-order valence-corrected chi connectivity index (χ2v) is 5.76. The normalized spacial score (nSPS) is 25.3. The molecule has 1 N–H and O–H groups in total. The van der Waals surface area contributed by atoms with Gasteiger partial charge in [0.25, 0.3) is 0 Å². The maximum atomic E-state index is 12.4. The van der Waals surface area contributed by atoms with E-state index in [1.807, 2.05) is 11.2 Å². The highest BCUT2D eigenvalue weighted by molar-refractivity contribution is 5.96. The van der Waals surface area contributed by atoms with Crippen LogP contribution in [0.1, 0.15) is 52.9 Å². The number of hydrogen-bond acceptors (Lipinski definition) is 1. The summed E-state index contributed by atoms with van der Waals surface area (Å²) in [6.45, 7) is 6.22. The molecule has 1 amide bonds. The fourth-order valence-corrected chi connectivity index (χ4v) is 2.55. The molecule has 2 aliphatic rings. The number of carbonyl (C=O) groups excluding carboxylic acids is 1. The molecular weight excluding hydrogens is 188 g/mol. The van der Waals surface area contributed by atoms with Gasteiger partial charge in [0.2, 0.25) is 11.9 Å². The van der Waals surface area contributed by atoms with Crippen LogP contribution in [-0.4, -0.2) is 28.2 Å². The Morgan fingerprint density at radius 2 is 1.87 bits per heavy atom. The molecule has 1 spiro atoms. The molecule has 2 rings (SSSR count). The Morgan fingerprint density at radius 1 is 1.27 bits per heavy atom. The Kier molecular flexibility index (Phi) is 2.36. The van der Waals surface area contributed by atoms with Crippen LogP contribution in [0.4, 0.5) is 0 Å². The smallest absolute Gasteiger partial charge is 0.264 e. The lowest BCUT2D eigenvalue weighted by atomic mass is 9.81. The van der Waals surface area contributed by atoms with Crippen LogP contribution in [0.3, 0.4) is 0 Å². The van der Waals surface area contributed by atoms with Crippen molar-refractivity contribution in [1.82, 2.24) is 4.90 Å². The van der Waals surface area contributed by atoms with Crippen molar-refractivity contribution < 1.29 is 9.79 Å². The fraction of sp³-hybridized carbons (Fsp3) is 0.833. The zero-order valence-electron chi connectivity index (χ0n) is 9.97. The minimum absolute atomic E-state index is 0.106. The average Bonchev–Trinajstić information content (AvgIpc) is 2.45. The van der Waals surface area contributed by atoms with E-state index in [4.69, 9.17) is 0 Å². The molecule has 84 valence electrons. The van der Waals surface area contributed by atoms with Crippen molar-refractivity contribution in [2.24, 2.45) is 0 Å². The number of carbonyl (C=O) groups is 1. The Labute approximate surface area is 91.6 Å². The highest BCUT2D eigenvalue weighted by Crippen LogP contribution is 2.29. The molecule has 0 unspecified atom stereocenters. The molecule has 1 aliphatic heterocycles. The molecule has 0 aromatic heterocycles. The lowest BCUT2D eigenvalue weighted by Crippen LogP contribution is -2.84. The van der Waals surface area contributed by atoms with Crippen molar-refractivity contribution in [2.45, 2.75) is 64.0 Å². The molecular formula is C12H21N2O+. The van der Waals surface area contributed by atoms with Crippen molar-refractivity contribution in [1.29, 1.82) is 0 Å². The van der Waals surface area contributed by atoms with Crippen molar-refractivity contribution in [3.63, 3.8) is 0 Å². The first-order valence-electron chi connectivity index (χ1n) is 5.91. The maximum absolute atomic E-state index is 12.4. The van der Waals surface area contributed by atoms with E-state index in [2.05, 4.69) is 25.8 Å². The van der Waals surface area contributed by atoms with Crippen LogP contribution in [0, 0.1) is 0 Å². The fourth-order valence-electron chi connectivity index (χ4n) is 2.55. The van der Waals surface area contributed by atoms with Gasteiger partial charge in [-0.3, -0.25) is 4.99 Å². The number of nitrogens with zero attached hydrogens (tertiary/aromatic N) is 1. The monoisotopic (exact) mass is 209 g/mol. The third-order valence-corrected chi connectivity index (χ3v) is 3.53. The molecule has 1 heterocycles. The Morgan fingerprint density at radius 3 is 2.33 bits per heavy atom. The van der Waals surface area contributed by atoms with Gasteiger partial charge < -0.3 is 0 Å². The van der Waals surface area contributed by atoms with Crippen LogP contribution >= 0.6 is 0 Å². The van der Waals surface area contributed by atoms with Crippen molar-refractivity contribution in [2.75, 3.05) is 0 Å². The topological polar surface area (TPSA) is 34.3 Å². The molecule has 0 bridgehead atoms. The maximum Gasteiger partial charge on any atom is 0.357 e. The van der Waals surface area contributed by atoms with Crippen LogP contribution < -0.4 is 4.99 Å². The Hall–Kier alpha value is -0.860. The zero-order chi connectivity index (χ0) is 11.1. The van der Waals surface area contributed by atoms with E-state index in [1.165, 1.54) is 19.3 Å². The molecule has 0 aromatic rings. The van der Waals surface area contributed by atoms with E-state index < -0.39 is 0 Å². The summed E-state index contributed by atoms with van der Waals surface area (Å²) in [4.78, 5) is 17.6. The van der Waals surface area contributed by atoms with Gasteiger partial charge in [0.15, 0.2) is 0 Å². The number of amides is 1. The van der Waals surface area contributed by atoms with Crippen LogP contribution in [-0.2, 0) is 4.79 Å². The molecule has 3 nitrogen and oxygen atoms in total. The molecule has 0 saturated heterocycles. The molecule has 3 heteroatoms. The van der Waals surface area contributed by atoms with Gasteiger partial charge in [0.1, 0.15) is 5.54 Å². The van der Waals surface area contributed by atoms with Crippen molar-refractivity contribution in [3.8, 4) is 0 Å². The summed E-state index contributed by atoms with van der Waals surface area (Å²) in [5.41, 5.74) is -0.365. The molecule has 0 aromatic carbocycles. The van der Waals surface area contributed by atoms with Crippen LogP contribution in [0.25, 0.3) is 0 Å². The van der Waals surface area contributed by atoms with E-state index in [0.717, 1.165) is 12.8 Å². The van der Waals surface area contributed by atoms with E-state index in [-0.39, 0.29) is 17.0 Å². The van der Waals surface area contributed by atoms with Crippen LogP contribution in [0.5, 0.6) is 0 Å². The summed E-state index contributed by atoms with van der Waals surface area (Å²) >= 11 is 0. The van der Waals surface area contributed by atoms with Gasteiger partial charge in [-0.15, -0.1) is 0 Å². The highest BCUT2D eigenvalue weighted by Gasteiger charge is 2.53. The summed E-state index contributed by atoms with van der Waals surface area (Å²) < 4.78 is 0. The van der Waals surface area contributed by atoms with E-state index in [9.17, 15) is 4.79 Å². The summed E-state index contributed by atoms with van der Waals surface area (Å²) in [5, 5.41) is 0. The standard InChI is InChI=1S/C12H20N2O/c1-11(2,3)14-9-13-12(10(14)15)7-5-4-6-8-12/h9H,4-8H2,1-3H3/p+1. The molecule has 0 atom stereocenters. The lowest BCUT2D eigenvalue weighted by molar-refractivity contribution is -0.529. The first-order valence-corrected chi connectivity index (χ1v) is 5.91. The molecule has 1 fully saturated rings. The Bertz CT molecular complexity index is 295. The quantitative estimate of drug-likeness (QED) is 0.617. The number of nitrogens with one attached hydrogen (secondary N) is 1. The second kappa shape index (κ2) is 3.32. The molecule has 1 saturated carbocycles.